The molecule has 0 bridgehead atoms. The van der Waals surface area contributed by atoms with E-state index in [9.17, 15) is 14.9 Å². The van der Waals surface area contributed by atoms with E-state index in [0.717, 1.165) is 11.1 Å². The average Bonchev–Trinajstić information content (AvgIpc) is 2.73. The summed E-state index contributed by atoms with van der Waals surface area (Å²) < 4.78 is 5.76. The minimum absolute atomic E-state index is 0.0765. The number of amides is 1. The summed E-state index contributed by atoms with van der Waals surface area (Å²) in [6.45, 7) is 0.457. The highest BCUT2D eigenvalue weighted by Gasteiger charge is 2.08. The lowest BCUT2D eigenvalue weighted by Gasteiger charge is -2.06. The first kappa shape index (κ1) is 18.8. The lowest BCUT2D eigenvalue weighted by Crippen LogP contribution is -2.17. The zero-order valence-electron chi connectivity index (χ0n) is 14.8. The van der Waals surface area contributed by atoms with Gasteiger partial charge in [0, 0.05) is 17.7 Å². The van der Waals surface area contributed by atoms with Gasteiger partial charge in [0.1, 0.15) is 12.4 Å². The second-order valence-electron chi connectivity index (χ2n) is 5.85. The van der Waals surface area contributed by atoms with E-state index in [0.29, 0.717) is 12.4 Å². The number of carbonyl (C=O) groups excluding carboxylic acids is 1. The van der Waals surface area contributed by atoms with Crippen molar-refractivity contribution < 1.29 is 14.5 Å². The van der Waals surface area contributed by atoms with Gasteiger partial charge in [-0.15, -0.1) is 0 Å². The molecule has 7 heteroatoms. The molecule has 140 valence electrons. The summed E-state index contributed by atoms with van der Waals surface area (Å²) in [4.78, 5) is 22.1. The van der Waals surface area contributed by atoms with Crippen molar-refractivity contribution in [2.75, 3.05) is 0 Å². The van der Waals surface area contributed by atoms with Crippen molar-refractivity contribution in [3.63, 3.8) is 0 Å². The number of nitro groups is 1. The zero-order chi connectivity index (χ0) is 19.8. The van der Waals surface area contributed by atoms with Gasteiger partial charge in [0.2, 0.25) is 0 Å². The fraction of sp³-hybridized carbons (Fsp3) is 0.0476. The molecule has 1 amide bonds. The highest BCUT2D eigenvalue weighted by molar-refractivity contribution is 5.95. The summed E-state index contributed by atoms with van der Waals surface area (Å²) in [5.41, 5.74) is 4.42. The summed E-state index contributed by atoms with van der Waals surface area (Å²) in [5.74, 6) is 0.233. The molecular weight excluding hydrogens is 358 g/mol. The Balaban J connectivity index is 1.56. The third-order valence-corrected chi connectivity index (χ3v) is 3.83. The number of nitro benzene ring substituents is 1. The van der Waals surface area contributed by atoms with Gasteiger partial charge in [0.25, 0.3) is 11.6 Å². The molecule has 28 heavy (non-hydrogen) atoms. The molecule has 0 saturated carbocycles. The molecule has 0 radical (unpaired) electrons. The Morgan fingerprint density at radius 2 is 1.79 bits per heavy atom. The highest BCUT2D eigenvalue weighted by Crippen LogP contribution is 2.14. The van der Waals surface area contributed by atoms with E-state index >= 15 is 0 Å². The van der Waals surface area contributed by atoms with Crippen LogP contribution in [0.1, 0.15) is 21.5 Å². The smallest absolute Gasteiger partial charge is 0.271 e. The molecule has 3 rings (SSSR count). The molecule has 0 aliphatic heterocycles. The number of hydrazone groups is 1. The lowest BCUT2D eigenvalue weighted by molar-refractivity contribution is -0.384. The summed E-state index contributed by atoms with van der Waals surface area (Å²) in [5, 5.41) is 14.6. The number of hydrogen-bond donors (Lipinski definition) is 1. The normalized spacial score (nSPS) is 10.6. The third-order valence-electron chi connectivity index (χ3n) is 3.83. The SMILES string of the molecule is O=C(N/N=C\c1cccc(OCc2ccccc2)c1)c1ccc([N+](=O)[O-])cc1. The van der Waals surface area contributed by atoms with Crippen molar-refractivity contribution in [1.29, 1.82) is 0 Å². The van der Waals surface area contributed by atoms with Crippen molar-refractivity contribution in [2.45, 2.75) is 6.61 Å². The first-order chi connectivity index (χ1) is 13.6. The molecule has 0 aliphatic rings. The van der Waals surface area contributed by atoms with Crippen molar-refractivity contribution in [1.82, 2.24) is 5.43 Å². The van der Waals surface area contributed by atoms with Crippen LogP contribution in [0, 0.1) is 10.1 Å². The predicted molar refractivity (Wildman–Crippen MR) is 105 cm³/mol. The number of rotatable bonds is 7. The van der Waals surface area contributed by atoms with Crippen LogP contribution >= 0.6 is 0 Å². The number of ether oxygens (including phenoxy) is 1. The number of hydrogen-bond acceptors (Lipinski definition) is 5. The molecule has 1 N–H and O–H groups in total. The number of non-ortho nitro benzene ring substituents is 1. The van der Waals surface area contributed by atoms with Gasteiger partial charge in [-0.2, -0.15) is 5.10 Å². The van der Waals surface area contributed by atoms with Crippen molar-refractivity contribution in [2.24, 2.45) is 5.10 Å². The number of nitrogens with zero attached hydrogens (tertiary/aromatic N) is 2. The van der Waals surface area contributed by atoms with E-state index in [1.165, 1.54) is 30.5 Å². The zero-order valence-corrected chi connectivity index (χ0v) is 14.8. The first-order valence-corrected chi connectivity index (χ1v) is 8.46. The van der Waals surface area contributed by atoms with Crippen LogP contribution in [0.15, 0.2) is 84.0 Å². The summed E-state index contributed by atoms with van der Waals surface area (Å²) in [6.07, 6.45) is 1.50. The average molecular weight is 375 g/mol. The molecule has 7 nitrogen and oxygen atoms in total. The topological polar surface area (TPSA) is 93.8 Å². The van der Waals surface area contributed by atoms with Crippen LogP contribution in [0.4, 0.5) is 5.69 Å². The number of nitrogens with one attached hydrogen (secondary N) is 1. The van der Waals surface area contributed by atoms with Crippen LogP contribution in [0.3, 0.4) is 0 Å². The van der Waals surface area contributed by atoms with E-state index in [4.69, 9.17) is 4.74 Å². The molecular formula is C21H17N3O4. The summed E-state index contributed by atoms with van der Waals surface area (Å²) in [7, 11) is 0. The molecule has 0 unspecified atom stereocenters. The van der Waals surface area contributed by atoms with Crippen LogP contribution in [0.25, 0.3) is 0 Å². The third kappa shape index (κ3) is 5.25. The van der Waals surface area contributed by atoms with E-state index in [-0.39, 0.29) is 11.3 Å². The van der Waals surface area contributed by atoms with Crippen LogP contribution in [0.5, 0.6) is 5.75 Å². The van der Waals surface area contributed by atoms with E-state index < -0.39 is 10.8 Å². The Kier molecular flexibility index (Phi) is 6.10. The summed E-state index contributed by atoms with van der Waals surface area (Å²) in [6, 6.07) is 22.4. The van der Waals surface area contributed by atoms with Crippen molar-refractivity contribution in [3.05, 3.63) is 106 Å². The molecule has 0 atom stereocenters. The maximum atomic E-state index is 12.0. The van der Waals surface area contributed by atoms with Gasteiger partial charge in [0.05, 0.1) is 11.1 Å². The Bertz CT molecular complexity index is 986. The highest BCUT2D eigenvalue weighted by atomic mass is 16.6. The van der Waals surface area contributed by atoms with Gasteiger partial charge < -0.3 is 4.74 Å². The van der Waals surface area contributed by atoms with Crippen LogP contribution in [0.2, 0.25) is 0 Å². The molecule has 0 aromatic heterocycles. The fourth-order valence-electron chi connectivity index (χ4n) is 2.39. The Hall–Kier alpha value is -4.00. The Morgan fingerprint density at radius 1 is 1.04 bits per heavy atom. The van der Waals surface area contributed by atoms with Gasteiger partial charge in [-0.1, -0.05) is 42.5 Å². The minimum Gasteiger partial charge on any atom is -0.489 e. The standard InChI is InChI=1S/C21H17N3O4/c25-21(18-9-11-19(12-10-18)24(26)27)23-22-14-17-7-4-8-20(13-17)28-15-16-5-2-1-3-6-16/h1-14H,15H2,(H,23,25)/b22-14-. The first-order valence-electron chi connectivity index (χ1n) is 8.46. The van der Waals surface area contributed by atoms with Crippen molar-refractivity contribution >= 4 is 17.8 Å². The largest absolute Gasteiger partial charge is 0.489 e. The van der Waals surface area contributed by atoms with Crippen LogP contribution in [-0.4, -0.2) is 17.0 Å². The lowest BCUT2D eigenvalue weighted by atomic mass is 10.2. The van der Waals surface area contributed by atoms with E-state index in [1.807, 2.05) is 54.6 Å². The molecule has 3 aromatic carbocycles. The summed E-state index contributed by atoms with van der Waals surface area (Å²) >= 11 is 0. The monoisotopic (exact) mass is 375 g/mol. The van der Waals surface area contributed by atoms with Gasteiger partial charge in [-0.25, -0.2) is 5.43 Å². The maximum Gasteiger partial charge on any atom is 0.271 e. The quantitative estimate of drug-likeness (QED) is 0.384. The predicted octanol–water partition coefficient (Wildman–Crippen LogP) is 3.94. The Morgan fingerprint density at radius 3 is 2.50 bits per heavy atom. The molecule has 0 spiro atoms. The van der Waals surface area contributed by atoms with E-state index in [2.05, 4.69) is 10.5 Å². The molecule has 0 saturated heterocycles. The molecule has 3 aromatic rings. The number of benzene rings is 3. The maximum absolute atomic E-state index is 12.0. The van der Waals surface area contributed by atoms with Crippen LogP contribution in [-0.2, 0) is 6.61 Å². The molecule has 0 aliphatic carbocycles. The van der Waals surface area contributed by atoms with Gasteiger partial charge in [-0.05, 0) is 35.4 Å². The van der Waals surface area contributed by atoms with Crippen molar-refractivity contribution in [3.8, 4) is 5.75 Å². The van der Waals surface area contributed by atoms with E-state index in [1.54, 1.807) is 0 Å². The minimum atomic E-state index is -0.521. The Labute approximate surface area is 161 Å². The second-order valence-corrected chi connectivity index (χ2v) is 5.85. The number of carbonyl (C=O) groups is 1. The molecule has 0 heterocycles. The molecule has 0 fully saturated rings. The van der Waals surface area contributed by atoms with Crippen LogP contribution < -0.4 is 10.2 Å². The van der Waals surface area contributed by atoms with Gasteiger partial charge in [0.15, 0.2) is 0 Å². The second kappa shape index (κ2) is 9.09. The van der Waals surface area contributed by atoms with Gasteiger partial charge >= 0.3 is 0 Å². The van der Waals surface area contributed by atoms with Gasteiger partial charge in [-0.3, -0.25) is 14.9 Å². The fourth-order valence-corrected chi connectivity index (χ4v) is 2.39.